The number of hydrogen-bond donors (Lipinski definition) is 0. The maximum atomic E-state index is 12.4. The normalized spacial score (nSPS) is 37.2. The van der Waals surface area contributed by atoms with Gasteiger partial charge in [0.2, 0.25) is 11.4 Å². The van der Waals surface area contributed by atoms with Gasteiger partial charge in [-0.3, -0.25) is 0 Å². The number of ether oxygens (including phenoxy) is 2. The number of allylic oxidation sites excluding steroid dienone is 2. The zero-order chi connectivity index (χ0) is 28.5. The third-order valence-electron chi connectivity index (χ3n) is 9.83. The molecule has 2 saturated heterocycles. The van der Waals surface area contributed by atoms with Gasteiger partial charge in [-0.2, -0.15) is 0 Å². The first kappa shape index (κ1) is 30.3. The van der Waals surface area contributed by atoms with Crippen molar-refractivity contribution in [2.45, 2.75) is 131 Å². The van der Waals surface area contributed by atoms with Crippen LogP contribution in [0.2, 0.25) is 0 Å². The summed E-state index contributed by atoms with van der Waals surface area (Å²) in [6.45, 7) is 30.7. The molecule has 2 aliphatic carbocycles. The van der Waals surface area contributed by atoms with Crippen LogP contribution in [0.15, 0.2) is 23.5 Å². The largest absolute Gasteiger partial charge is 0.373 e. The van der Waals surface area contributed by atoms with Crippen LogP contribution in [0, 0.1) is 34.8 Å². The van der Waals surface area contributed by atoms with E-state index in [4.69, 9.17) is 22.6 Å². The Morgan fingerprint density at radius 3 is 1.34 bits per heavy atom. The summed E-state index contributed by atoms with van der Waals surface area (Å²) in [7, 11) is 0. The average molecular weight is 523 g/mol. The zero-order valence-corrected chi connectivity index (χ0v) is 24.6. The van der Waals surface area contributed by atoms with Crippen molar-refractivity contribution in [1.29, 1.82) is 0 Å². The standard InChI is InChI=1S/2C16H23NO2/c2*1-6-11-8-9-16(7-2)10-12(17-5)13(18)15(3,4)14(16)19-11/h2*10-11,14H,6-9H2,1-4H3/t2*11-,14+,16+/m10/s1. The predicted octanol–water partition coefficient (Wildman–Crippen LogP) is 7.50. The van der Waals surface area contributed by atoms with Gasteiger partial charge < -0.3 is 19.1 Å². The van der Waals surface area contributed by atoms with Gasteiger partial charge in [0.1, 0.15) is 0 Å². The molecule has 6 heteroatoms. The lowest BCUT2D eigenvalue weighted by molar-refractivity contribution is -0.175. The minimum absolute atomic E-state index is 0.0617. The zero-order valence-electron chi connectivity index (χ0n) is 24.6. The summed E-state index contributed by atoms with van der Waals surface area (Å²) < 4.78 is 12.5. The first-order valence-corrected chi connectivity index (χ1v) is 14.4. The fourth-order valence-electron chi connectivity index (χ4n) is 7.26. The summed E-state index contributed by atoms with van der Waals surface area (Å²) in [6, 6.07) is 0. The van der Waals surface area contributed by atoms with Gasteiger partial charge in [-0.05, 0) is 51.4 Å². The van der Waals surface area contributed by atoms with E-state index in [0.29, 0.717) is 11.4 Å². The summed E-state index contributed by atoms with van der Waals surface area (Å²) in [5.41, 5.74) is -0.855. The van der Waals surface area contributed by atoms with E-state index in [1.54, 1.807) is 0 Å². The van der Waals surface area contributed by atoms with E-state index in [-0.39, 0.29) is 46.8 Å². The molecule has 2 heterocycles. The van der Waals surface area contributed by atoms with Crippen molar-refractivity contribution in [3.05, 3.63) is 46.4 Å². The molecule has 0 aromatic heterocycles. The van der Waals surface area contributed by atoms with Crippen LogP contribution in [-0.2, 0) is 19.1 Å². The first-order chi connectivity index (χ1) is 17.8. The van der Waals surface area contributed by atoms with Crippen molar-refractivity contribution >= 4 is 11.6 Å². The van der Waals surface area contributed by atoms with E-state index in [9.17, 15) is 9.59 Å². The van der Waals surface area contributed by atoms with Crippen molar-refractivity contribution in [3.63, 3.8) is 0 Å². The third kappa shape index (κ3) is 4.91. The van der Waals surface area contributed by atoms with Crippen LogP contribution in [-0.4, -0.2) is 36.0 Å². The molecule has 0 amide bonds. The highest BCUT2D eigenvalue weighted by atomic mass is 16.5. The van der Waals surface area contributed by atoms with Gasteiger partial charge >= 0.3 is 0 Å². The van der Waals surface area contributed by atoms with E-state index in [0.717, 1.165) is 51.4 Å². The van der Waals surface area contributed by atoms with Gasteiger partial charge in [0, 0.05) is 21.7 Å². The maximum Gasteiger partial charge on any atom is 0.226 e. The Kier molecular flexibility index (Phi) is 8.82. The number of carbonyl (C=O) groups excluding carboxylic acids is 2. The molecular weight excluding hydrogens is 476 g/mol. The smallest absolute Gasteiger partial charge is 0.226 e. The quantitative estimate of drug-likeness (QED) is 0.359. The Balaban J connectivity index is 0.000000211. The minimum Gasteiger partial charge on any atom is -0.373 e. The van der Waals surface area contributed by atoms with Gasteiger partial charge in [-0.25, -0.2) is 9.69 Å². The summed E-state index contributed by atoms with van der Waals surface area (Å²) >= 11 is 0. The minimum atomic E-state index is -0.599. The second kappa shape index (κ2) is 11.1. The first-order valence-electron chi connectivity index (χ1n) is 14.4. The Morgan fingerprint density at radius 2 is 1.08 bits per heavy atom. The fraction of sp³-hybridized carbons (Fsp3) is 0.750. The number of ketones is 2. The third-order valence-corrected chi connectivity index (χ3v) is 9.83. The summed E-state index contributed by atoms with van der Waals surface area (Å²) in [4.78, 5) is 31.8. The van der Waals surface area contributed by atoms with Crippen LogP contribution in [0.3, 0.4) is 0 Å². The van der Waals surface area contributed by atoms with Crippen LogP contribution < -0.4 is 0 Å². The van der Waals surface area contributed by atoms with Crippen LogP contribution in [0.5, 0.6) is 0 Å². The molecule has 0 spiro atoms. The number of hydrogen-bond acceptors (Lipinski definition) is 4. The summed E-state index contributed by atoms with van der Waals surface area (Å²) in [5, 5.41) is 0. The molecule has 2 fully saturated rings. The van der Waals surface area contributed by atoms with Crippen LogP contribution in [0.1, 0.15) is 107 Å². The van der Waals surface area contributed by atoms with E-state index in [1.165, 1.54) is 0 Å². The van der Waals surface area contributed by atoms with Crippen molar-refractivity contribution < 1.29 is 19.1 Å². The van der Waals surface area contributed by atoms with Gasteiger partial charge in [-0.15, -0.1) is 0 Å². The van der Waals surface area contributed by atoms with E-state index >= 15 is 0 Å². The molecule has 0 N–H and O–H groups in total. The number of rotatable bonds is 4. The molecule has 208 valence electrons. The lowest BCUT2D eigenvalue weighted by atomic mass is 9.59. The molecule has 4 aliphatic rings. The van der Waals surface area contributed by atoms with Crippen molar-refractivity contribution in [2.75, 3.05) is 0 Å². The van der Waals surface area contributed by atoms with Crippen LogP contribution in [0.4, 0.5) is 0 Å². The van der Waals surface area contributed by atoms with Crippen molar-refractivity contribution in [3.8, 4) is 0 Å². The predicted molar refractivity (Wildman–Crippen MR) is 149 cm³/mol. The second-order valence-corrected chi connectivity index (χ2v) is 12.7. The molecular formula is C32H46N2O4. The molecule has 0 aromatic carbocycles. The Labute approximate surface area is 229 Å². The molecule has 6 atom stereocenters. The van der Waals surface area contributed by atoms with Gasteiger partial charge in [-0.1, -0.05) is 67.5 Å². The molecule has 0 radical (unpaired) electrons. The summed E-state index contributed by atoms with van der Waals surface area (Å²) in [6.07, 6.45) is 12.0. The number of nitrogens with zero attached hydrogens (tertiary/aromatic N) is 2. The number of carbonyl (C=O) groups is 2. The Morgan fingerprint density at radius 1 is 0.737 bits per heavy atom. The Bertz CT molecular complexity index is 1000. The van der Waals surface area contributed by atoms with Crippen molar-refractivity contribution in [2.24, 2.45) is 21.7 Å². The Hall–Kier alpha value is -2.28. The maximum absolute atomic E-state index is 12.4. The second-order valence-electron chi connectivity index (χ2n) is 12.7. The number of Topliss-reactive ketones (excluding diaryl/α,β-unsaturated/α-hetero) is 2. The lowest BCUT2D eigenvalue weighted by Crippen LogP contribution is -2.56. The summed E-state index contributed by atoms with van der Waals surface area (Å²) in [5.74, 6) is -0.123. The monoisotopic (exact) mass is 522 g/mol. The van der Waals surface area contributed by atoms with Crippen LogP contribution in [0.25, 0.3) is 9.69 Å². The number of fused-ring (bicyclic) bond motifs is 2. The lowest BCUT2D eigenvalue weighted by Gasteiger charge is -2.53. The van der Waals surface area contributed by atoms with Gasteiger partial charge in [0.25, 0.3) is 0 Å². The van der Waals surface area contributed by atoms with Crippen molar-refractivity contribution in [1.82, 2.24) is 0 Å². The topological polar surface area (TPSA) is 61.3 Å². The van der Waals surface area contributed by atoms with E-state index < -0.39 is 10.8 Å². The average Bonchev–Trinajstić information content (AvgIpc) is 2.93. The van der Waals surface area contributed by atoms with Gasteiger partial charge in [0.15, 0.2) is 11.6 Å². The highest BCUT2D eigenvalue weighted by Crippen LogP contribution is 2.54. The van der Waals surface area contributed by atoms with Crippen LogP contribution >= 0.6 is 0 Å². The molecule has 0 saturated carbocycles. The molecule has 0 bridgehead atoms. The van der Waals surface area contributed by atoms with E-state index in [1.807, 2.05) is 39.8 Å². The molecule has 6 nitrogen and oxygen atoms in total. The fourth-order valence-corrected chi connectivity index (χ4v) is 7.26. The molecule has 0 aromatic rings. The SMILES string of the molecule is [C-]#[N+]C1=C[C@@]2(CC)CC[C@H](CC)O[C@@H]2C(C)(C)C1=O.[C-]#[N+]C1=C[C@]2(CC)CC[C@@H](CC)O[C@H]2C(C)(C)C1=O. The highest BCUT2D eigenvalue weighted by Gasteiger charge is 2.56. The molecule has 2 aliphatic heterocycles. The van der Waals surface area contributed by atoms with Gasteiger partial charge in [0.05, 0.1) is 37.6 Å². The molecule has 0 unspecified atom stereocenters. The highest BCUT2D eigenvalue weighted by molar-refractivity contribution is 6.03. The molecule has 38 heavy (non-hydrogen) atoms. The van der Waals surface area contributed by atoms with E-state index in [2.05, 4.69) is 37.4 Å². The molecule has 4 rings (SSSR count).